The molecule has 1 N–H and O–H groups in total. The monoisotopic (exact) mass is 388 g/mol. The maximum atomic E-state index is 13.0. The van der Waals surface area contributed by atoms with Gasteiger partial charge in [-0.1, -0.05) is 24.3 Å². The first-order valence-corrected chi connectivity index (χ1v) is 9.68. The Morgan fingerprint density at radius 3 is 2.64 bits per heavy atom. The van der Waals surface area contributed by atoms with Crippen LogP contribution in [0.1, 0.15) is 51.3 Å². The molecule has 152 valence electrons. The molecule has 0 radical (unpaired) electrons. The van der Waals surface area contributed by atoms with Gasteiger partial charge in [0.15, 0.2) is 5.78 Å². The fourth-order valence-electron chi connectivity index (χ4n) is 3.68. The zero-order valence-corrected chi connectivity index (χ0v) is 16.9. The van der Waals surface area contributed by atoms with E-state index in [2.05, 4.69) is 11.4 Å². The minimum atomic E-state index is -0.808. The molecule has 2 amide bonds. The van der Waals surface area contributed by atoms with Gasteiger partial charge in [0.1, 0.15) is 17.7 Å². The summed E-state index contributed by atoms with van der Waals surface area (Å²) in [6.07, 6.45) is -0.739. The van der Waals surface area contributed by atoms with Crippen molar-refractivity contribution in [2.45, 2.75) is 64.3 Å². The molecule has 3 atom stereocenters. The van der Waals surface area contributed by atoms with E-state index >= 15 is 0 Å². The number of rotatable bonds is 2. The van der Waals surface area contributed by atoms with Gasteiger partial charge in [0.25, 0.3) is 5.91 Å². The Morgan fingerprint density at radius 1 is 1.25 bits per heavy atom. The Balaban J connectivity index is 1.59. The van der Waals surface area contributed by atoms with Crippen molar-refractivity contribution in [3.8, 4) is 0 Å². The normalized spacial score (nSPS) is 25.1. The van der Waals surface area contributed by atoms with Crippen LogP contribution in [0.4, 0.5) is 4.79 Å². The molecule has 28 heavy (non-hydrogen) atoms. The average Bonchev–Trinajstić information content (AvgIpc) is 2.62. The highest BCUT2D eigenvalue weighted by Gasteiger charge is 2.39. The van der Waals surface area contributed by atoms with Crippen LogP contribution in [0.2, 0.25) is 0 Å². The third-order valence-corrected chi connectivity index (χ3v) is 5.08. The maximum Gasteiger partial charge on any atom is 0.408 e. The zero-order chi connectivity index (χ0) is 20.5. The molecule has 1 aromatic rings. The van der Waals surface area contributed by atoms with Crippen molar-refractivity contribution in [3.05, 3.63) is 35.4 Å². The van der Waals surface area contributed by atoms with E-state index in [-0.39, 0.29) is 30.8 Å². The first-order valence-electron chi connectivity index (χ1n) is 9.68. The molecule has 0 aromatic heterocycles. The summed E-state index contributed by atoms with van der Waals surface area (Å²) in [5.41, 5.74) is 1.73. The van der Waals surface area contributed by atoms with E-state index in [1.54, 1.807) is 25.7 Å². The number of amides is 2. The van der Waals surface area contributed by atoms with E-state index in [1.807, 2.05) is 25.1 Å². The van der Waals surface area contributed by atoms with E-state index in [9.17, 15) is 14.4 Å². The van der Waals surface area contributed by atoms with Gasteiger partial charge in [-0.2, -0.15) is 0 Å². The number of hydrogen-bond donors (Lipinski definition) is 1. The van der Waals surface area contributed by atoms with E-state index in [1.165, 1.54) is 5.56 Å². The molecule has 7 heteroatoms. The number of nitrogens with one attached hydrogen (secondary N) is 1. The Morgan fingerprint density at radius 2 is 1.96 bits per heavy atom. The number of carbonyl (C=O) groups is 3. The predicted octanol–water partition coefficient (Wildman–Crippen LogP) is 2.38. The summed E-state index contributed by atoms with van der Waals surface area (Å²) in [4.78, 5) is 39.1. The third kappa shape index (κ3) is 4.52. The summed E-state index contributed by atoms with van der Waals surface area (Å²) in [5.74, 6) is -0.397. The molecule has 0 bridgehead atoms. The smallest absolute Gasteiger partial charge is 0.408 e. The lowest BCUT2D eigenvalue weighted by Crippen LogP contribution is -2.54. The first-order chi connectivity index (χ1) is 13.2. The summed E-state index contributed by atoms with van der Waals surface area (Å²) in [6.45, 7) is 7.81. The molecule has 7 nitrogen and oxygen atoms in total. The summed E-state index contributed by atoms with van der Waals surface area (Å²) >= 11 is 0. The number of hydrogen-bond acceptors (Lipinski definition) is 5. The van der Waals surface area contributed by atoms with Gasteiger partial charge in [-0.3, -0.25) is 9.59 Å². The summed E-state index contributed by atoms with van der Waals surface area (Å²) < 4.78 is 10.8. The largest absolute Gasteiger partial charge is 0.444 e. The van der Waals surface area contributed by atoms with Gasteiger partial charge in [0.05, 0.1) is 12.6 Å². The van der Waals surface area contributed by atoms with Crippen LogP contribution in [0.15, 0.2) is 24.3 Å². The summed E-state index contributed by atoms with van der Waals surface area (Å²) in [7, 11) is 0. The maximum absolute atomic E-state index is 13.0. The number of ketones is 1. The lowest BCUT2D eigenvalue weighted by Gasteiger charge is -2.38. The van der Waals surface area contributed by atoms with Gasteiger partial charge in [-0.25, -0.2) is 4.79 Å². The van der Waals surface area contributed by atoms with Crippen LogP contribution in [0.3, 0.4) is 0 Å². The van der Waals surface area contributed by atoms with Crippen molar-refractivity contribution < 1.29 is 23.9 Å². The van der Waals surface area contributed by atoms with Crippen LogP contribution >= 0.6 is 0 Å². The lowest BCUT2D eigenvalue weighted by atomic mass is 9.92. The van der Waals surface area contributed by atoms with E-state index in [0.717, 1.165) is 12.0 Å². The zero-order valence-electron chi connectivity index (χ0n) is 16.9. The van der Waals surface area contributed by atoms with E-state index in [0.29, 0.717) is 6.54 Å². The molecule has 0 aliphatic carbocycles. The van der Waals surface area contributed by atoms with Crippen molar-refractivity contribution in [1.82, 2.24) is 10.2 Å². The number of Topliss-reactive ketones (excluding diaryl/α,β-unsaturated/α-hetero) is 1. The molecular formula is C21H28N2O5. The number of alkyl carbamates (subject to hydrolysis) is 1. The number of fused-ring (bicyclic) bond motifs is 1. The molecule has 3 rings (SSSR count). The first kappa shape index (κ1) is 20.3. The SMILES string of the molecule is C[C@H]1c2ccccc2CCN1C(=O)[C@@H]1CC(=O)[C@@H](NC(=O)OC(C)(C)C)CO1. The van der Waals surface area contributed by atoms with Crippen molar-refractivity contribution in [1.29, 1.82) is 0 Å². The van der Waals surface area contributed by atoms with E-state index in [4.69, 9.17) is 9.47 Å². The average molecular weight is 388 g/mol. The third-order valence-electron chi connectivity index (χ3n) is 5.08. The number of carbonyl (C=O) groups excluding carboxylic acids is 3. The second-order valence-electron chi connectivity index (χ2n) is 8.35. The molecule has 0 spiro atoms. The van der Waals surface area contributed by atoms with Crippen molar-refractivity contribution in [3.63, 3.8) is 0 Å². The predicted molar refractivity (Wildman–Crippen MR) is 103 cm³/mol. The van der Waals surface area contributed by atoms with Gasteiger partial charge >= 0.3 is 6.09 Å². The molecule has 2 heterocycles. The van der Waals surface area contributed by atoms with Crippen molar-refractivity contribution in [2.24, 2.45) is 0 Å². The van der Waals surface area contributed by atoms with Gasteiger partial charge < -0.3 is 19.7 Å². The van der Waals surface area contributed by atoms with Gasteiger partial charge in [-0.15, -0.1) is 0 Å². The second kappa shape index (κ2) is 7.91. The Bertz CT molecular complexity index is 770. The van der Waals surface area contributed by atoms with Crippen LogP contribution in [-0.4, -0.2) is 53.6 Å². The number of ether oxygens (including phenoxy) is 2. The molecule has 2 aliphatic rings. The molecule has 0 saturated carbocycles. The Labute approximate surface area is 165 Å². The molecule has 0 unspecified atom stereocenters. The fourth-order valence-corrected chi connectivity index (χ4v) is 3.68. The second-order valence-corrected chi connectivity index (χ2v) is 8.35. The molecular weight excluding hydrogens is 360 g/mol. The fraction of sp³-hybridized carbons (Fsp3) is 0.571. The van der Waals surface area contributed by atoms with Crippen molar-refractivity contribution in [2.75, 3.05) is 13.2 Å². The van der Waals surface area contributed by atoms with E-state index < -0.39 is 23.8 Å². The Kier molecular flexibility index (Phi) is 5.74. The molecule has 1 aromatic carbocycles. The number of nitrogens with zero attached hydrogens (tertiary/aromatic N) is 1. The van der Waals surface area contributed by atoms with Crippen LogP contribution in [0, 0.1) is 0 Å². The Hall–Kier alpha value is -2.41. The van der Waals surface area contributed by atoms with Gasteiger partial charge in [0.2, 0.25) is 0 Å². The molecule has 1 fully saturated rings. The highest BCUT2D eigenvalue weighted by molar-refractivity contribution is 5.94. The highest BCUT2D eigenvalue weighted by Crippen LogP contribution is 2.30. The molecule has 2 aliphatic heterocycles. The van der Waals surface area contributed by atoms with Gasteiger partial charge in [0, 0.05) is 13.0 Å². The molecule has 1 saturated heterocycles. The number of benzene rings is 1. The van der Waals surface area contributed by atoms with Crippen LogP contribution in [-0.2, 0) is 25.5 Å². The minimum Gasteiger partial charge on any atom is -0.444 e. The summed E-state index contributed by atoms with van der Waals surface area (Å²) in [5, 5.41) is 2.53. The van der Waals surface area contributed by atoms with Crippen LogP contribution in [0.5, 0.6) is 0 Å². The topological polar surface area (TPSA) is 84.9 Å². The quantitative estimate of drug-likeness (QED) is 0.841. The van der Waals surface area contributed by atoms with Crippen molar-refractivity contribution >= 4 is 17.8 Å². The highest BCUT2D eigenvalue weighted by atomic mass is 16.6. The minimum absolute atomic E-state index is 0.0344. The van der Waals surface area contributed by atoms with Crippen LogP contribution in [0.25, 0.3) is 0 Å². The van der Waals surface area contributed by atoms with Gasteiger partial charge in [-0.05, 0) is 45.2 Å². The lowest BCUT2D eigenvalue weighted by molar-refractivity contribution is -0.155. The van der Waals surface area contributed by atoms with Crippen LogP contribution < -0.4 is 5.32 Å². The standard InChI is InChI=1S/C21H28N2O5/c1-13-15-8-6-5-7-14(15)9-10-23(13)19(25)18-11-17(24)16(12-27-18)22-20(26)28-21(2,3)4/h5-8,13,16,18H,9-12H2,1-4H3,(H,22,26)/t13-,16-,18-/m0/s1. The summed E-state index contributed by atoms with van der Waals surface area (Å²) in [6, 6.07) is 7.24.